The fraction of sp³-hybridized carbons (Fsp3) is 0.652. The van der Waals surface area contributed by atoms with Gasteiger partial charge in [0.15, 0.2) is 0 Å². The van der Waals surface area contributed by atoms with E-state index >= 15 is 0 Å². The highest BCUT2D eigenvalue weighted by molar-refractivity contribution is 5.94. The quantitative estimate of drug-likeness (QED) is 0.725. The summed E-state index contributed by atoms with van der Waals surface area (Å²) in [6, 6.07) is 7.71. The molecule has 2 aliphatic heterocycles. The summed E-state index contributed by atoms with van der Waals surface area (Å²) in [7, 11) is 0. The number of piperidine rings is 1. The summed E-state index contributed by atoms with van der Waals surface area (Å²) in [6.07, 6.45) is 9.85. The second-order valence-electron chi connectivity index (χ2n) is 8.61. The van der Waals surface area contributed by atoms with Crippen LogP contribution in [0.15, 0.2) is 24.3 Å². The number of carbonyl (C=O) groups is 2. The van der Waals surface area contributed by atoms with Crippen molar-refractivity contribution in [3.05, 3.63) is 35.4 Å². The van der Waals surface area contributed by atoms with Gasteiger partial charge in [0.25, 0.3) is 0 Å². The van der Waals surface area contributed by atoms with Crippen molar-refractivity contribution in [2.24, 2.45) is 11.8 Å². The van der Waals surface area contributed by atoms with Crippen molar-refractivity contribution >= 4 is 11.9 Å². The van der Waals surface area contributed by atoms with E-state index in [1.807, 2.05) is 29.2 Å². The standard InChI is InChI=1S/C23H31NO3/c1-2-3-6-17-9-11-18(12-10-17)21(25)24-15-13-23(14-16-24)20-8-5-4-7-19(20)22(26)27-23/h4-5,7-8,17-18H,2-3,6,9-16H2,1H3. The zero-order chi connectivity index (χ0) is 18.9. The Balaban J connectivity index is 1.34. The van der Waals surface area contributed by atoms with E-state index in [0.717, 1.165) is 24.3 Å². The van der Waals surface area contributed by atoms with Gasteiger partial charge < -0.3 is 9.64 Å². The largest absolute Gasteiger partial charge is 0.450 e. The van der Waals surface area contributed by atoms with Gasteiger partial charge in [-0.05, 0) is 37.7 Å². The molecule has 3 aliphatic rings. The maximum atomic E-state index is 13.0. The number of likely N-dealkylation sites (tertiary alicyclic amines) is 1. The smallest absolute Gasteiger partial charge is 0.339 e. The van der Waals surface area contributed by atoms with Crippen LogP contribution >= 0.6 is 0 Å². The van der Waals surface area contributed by atoms with E-state index in [9.17, 15) is 9.59 Å². The molecule has 146 valence electrons. The summed E-state index contributed by atoms with van der Waals surface area (Å²) >= 11 is 0. The highest BCUT2D eigenvalue weighted by Gasteiger charge is 2.48. The number of hydrogen-bond donors (Lipinski definition) is 0. The number of fused-ring (bicyclic) bond motifs is 2. The van der Waals surface area contributed by atoms with E-state index in [2.05, 4.69) is 6.92 Å². The molecule has 1 spiro atoms. The minimum Gasteiger partial charge on any atom is -0.450 e. The van der Waals surface area contributed by atoms with Gasteiger partial charge in [0.1, 0.15) is 5.60 Å². The van der Waals surface area contributed by atoms with E-state index in [1.54, 1.807) is 0 Å². The minimum absolute atomic E-state index is 0.204. The monoisotopic (exact) mass is 369 g/mol. The molecule has 1 aliphatic carbocycles. The third kappa shape index (κ3) is 3.51. The Morgan fingerprint density at radius 1 is 1.15 bits per heavy atom. The molecule has 27 heavy (non-hydrogen) atoms. The fourth-order valence-corrected chi connectivity index (χ4v) is 5.25. The van der Waals surface area contributed by atoms with Crippen molar-refractivity contribution in [3.63, 3.8) is 0 Å². The van der Waals surface area contributed by atoms with Crippen molar-refractivity contribution < 1.29 is 14.3 Å². The Kier molecular flexibility index (Phi) is 5.25. The molecule has 2 fully saturated rings. The summed E-state index contributed by atoms with van der Waals surface area (Å²) in [5, 5.41) is 0. The van der Waals surface area contributed by atoms with Gasteiger partial charge in [0, 0.05) is 37.4 Å². The van der Waals surface area contributed by atoms with Crippen molar-refractivity contribution in [1.29, 1.82) is 0 Å². The summed E-state index contributed by atoms with van der Waals surface area (Å²) in [6.45, 7) is 3.63. The summed E-state index contributed by atoms with van der Waals surface area (Å²) < 4.78 is 5.81. The summed E-state index contributed by atoms with van der Waals surface area (Å²) in [5.74, 6) is 1.15. The Labute approximate surface area is 162 Å². The molecule has 4 rings (SSSR count). The number of unbranched alkanes of at least 4 members (excludes halogenated alkanes) is 1. The molecule has 4 nitrogen and oxygen atoms in total. The maximum absolute atomic E-state index is 13.0. The number of hydrogen-bond acceptors (Lipinski definition) is 3. The third-order valence-corrected chi connectivity index (χ3v) is 6.97. The predicted octanol–water partition coefficient (Wildman–Crippen LogP) is 4.67. The van der Waals surface area contributed by atoms with Gasteiger partial charge in [-0.2, -0.15) is 0 Å². The molecule has 1 saturated heterocycles. The molecule has 1 aromatic rings. The van der Waals surface area contributed by atoms with Gasteiger partial charge in [-0.15, -0.1) is 0 Å². The van der Waals surface area contributed by atoms with Crippen LogP contribution in [-0.4, -0.2) is 29.9 Å². The van der Waals surface area contributed by atoms with Crippen molar-refractivity contribution in [1.82, 2.24) is 4.90 Å². The second kappa shape index (κ2) is 7.65. The van der Waals surface area contributed by atoms with Crippen molar-refractivity contribution in [3.8, 4) is 0 Å². The van der Waals surface area contributed by atoms with Gasteiger partial charge in [0.05, 0.1) is 5.56 Å². The van der Waals surface area contributed by atoms with E-state index < -0.39 is 5.60 Å². The molecule has 0 unspecified atom stereocenters. The summed E-state index contributed by atoms with van der Waals surface area (Å²) in [5.41, 5.74) is 1.20. The average molecular weight is 370 g/mol. The van der Waals surface area contributed by atoms with Gasteiger partial charge in [-0.25, -0.2) is 4.79 Å². The van der Waals surface area contributed by atoms with Crippen LogP contribution in [0.1, 0.15) is 80.6 Å². The summed E-state index contributed by atoms with van der Waals surface area (Å²) in [4.78, 5) is 27.2. The van der Waals surface area contributed by atoms with Crippen molar-refractivity contribution in [2.45, 2.75) is 70.3 Å². The van der Waals surface area contributed by atoms with E-state index in [4.69, 9.17) is 4.74 Å². The lowest BCUT2D eigenvalue weighted by molar-refractivity contribution is -0.141. The number of ether oxygens (including phenoxy) is 1. The Morgan fingerprint density at radius 3 is 2.56 bits per heavy atom. The number of benzene rings is 1. The lowest BCUT2D eigenvalue weighted by Gasteiger charge is -2.40. The first kappa shape index (κ1) is 18.5. The number of esters is 1. The first-order chi connectivity index (χ1) is 13.1. The highest BCUT2D eigenvalue weighted by atomic mass is 16.6. The SMILES string of the molecule is CCCCC1CCC(C(=O)N2CCC3(CC2)OC(=O)c2ccccc23)CC1. The number of rotatable bonds is 4. The second-order valence-corrected chi connectivity index (χ2v) is 8.61. The zero-order valence-electron chi connectivity index (χ0n) is 16.4. The Bertz CT molecular complexity index is 697. The molecular formula is C23H31NO3. The van der Waals surface area contributed by atoms with Crippen LogP contribution in [-0.2, 0) is 15.1 Å². The van der Waals surface area contributed by atoms with E-state index in [0.29, 0.717) is 37.4 Å². The van der Waals surface area contributed by atoms with Crippen LogP contribution in [0.5, 0.6) is 0 Å². The Morgan fingerprint density at radius 2 is 1.85 bits per heavy atom. The van der Waals surface area contributed by atoms with Gasteiger partial charge in [-0.3, -0.25) is 4.79 Å². The number of amides is 1. The maximum Gasteiger partial charge on any atom is 0.339 e. The van der Waals surface area contributed by atoms with Crippen LogP contribution in [0.25, 0.3) is 0 Å². The molecule has 0 atom stereocenters. The van der Waals surface area contributed by atoms with Crippen LogP contribution in [0.4, 0.5) is 0 Å². The third-order valence-electron chi connectivity index (χ3n) is 6.97. The zero-order valence-corrected chi connectivity index (χ0v) is 16.4. The van der Waals surface area contributed by atoms with E-state index in [1.165, 1.54) is 32.1 Å². The normalized spacial score (nSPS) is 26.7. The molecule has 1 amide bonds. The molecule has 2 heterocycles. The molecule has 1 saturated carbocycles. The van der Waals surface area contributed by atoms with Gasteiger partial charge in [-0.1, -0.05) is 44.4 Å². The lowest BCUT2D eigenvalue weighted by atomic mass is 9.78. The topological polar surface area (TPSA) is 46.6 Å². The molecule has 0 radical (unpaired) electrons. The molecule has 1 aromatic carbocycles. The van der Waals surface area contributed by atoms with Crippen LogP contribution in [0.3, 0.4) is 0 Å². The van der Waals surface area contributed by atoms with Gasteiger partial charge in [0.2, 0.25) is 5.91 Å². The fourth-order valence-electron chi connectivity index (χ4n) is 5.25. The molecular weight excluding hydrogens is 338 g/mol. The molecule has 0 aromatic heterocycles. The van der Waals surface area contributed by atoms with Gasteiger partial charge >= 0.3 is 5.97 Å². The average Bonchev–Trinajstić information content (AvgIpc) is 2.99. The lowest BCUT2D eigenvalue weighted by Crippen LogP contribution is -2.47. The van der Waals surface area contributed by atoms with Crippen LogP contribution < -0.4 is 0 Å². The van der Waals surface area contributed by atoms with Crippen LogP contribution in [0, 0.1) is 11.8 Å². The molecule has 4 heteroatoms. The molecule has 0 N–H and O–H groups in total. The number of carbonyl (C=O) groups excluding carboxylic acids is 2. The van der Waals surface area contributed by atoms with Crippen LogP contribution in [0.2, 0.25) is 0 Å². The number of nitrogens with zero attached hydrogens (tertiary/aromatic N) is 1. The van der Waals surface area contributed by atoms with Crippen molar-refractivity contribution in [2.75, 3.05) is 13.1 Å². The first-order valence-corrected chi connectivity index (χ1v) is 10.7. The first-order valence-electron chi connectivity index (χ1n) is 10.7. The minimum atomic E-state index is -0.512. The molecule has 0 bridgehead atoms. The van der Waals surface area contributed by atoms with E-state index in [-0.39, 0.29) is 11.9 Å². The highest BCUT2D eigenvalue weighted by Crippen LogP contribution is 2.44. The Hall–Kier alpha value is -1.84. The predicted molar refractivity (Wildman–Crippen MR) is 104 cm³/mol.